The molecule has 0 aliphatic heterocycles. The Morgan fingerprint density at radius 3 is 1.05 bits per heavy atom. The monoisotopic (exact) mass is 1210 g/mol. The summed E-state index contributed by atoms with van der Waals surface area (Å²) in [5, 5.41) is 14.0. The van der Waals surface area contributed by atoms with Gasteiger partial charge >= 0.3 is 0 Å². The highest BCUT2D eigenvalue weighted by Gasteiger charge is 2.23. The maximum absolute atomic E-state index is 13.1. The Morgan fingerprint density at radius 1 is 0.424 bits per heavy atom. The molecule has 0 aliphatic rings. The topological polar surface area (TPSA) is 108 Å². The number of aliphatic hydroxyl groups is 1. The molecule has 0 spiro atoms. The van der Waals surface area contributed by atoms with Crippen molar-refractivity contribution in [2.75, 3.05) is 40.9 Å². The number of allylic oxidation sites excluding steroid dienone is 15. The summed E-state index contributed by atoms with van der Waals surface area (Å²) in [6.45, 7) is 4.57. The first-order chi connectivity index (χ1) is 41.5. The Morgan fingerprint density at radius 2 is 0.718 bits per heavy atom. The van der Waals surface area contributed by atoms with Crippen LogP contribution in [0.4, 0.5) is 0 Å². The van der Waals surface area contributed by atoms with Crippen molar-refractivity contribution >= 4 is 13.7 Å². The third-order valence-corrected chi connectivity index (χ3v) is 17.0. The van der Waals surface area contributed by atoms with Gasteiger partial charge in [-0.25, -0.2) is 0 Å². The fraction of sp³-hybridized carbons (Fsp3) is 0.776. The van der Waals surface area contributed by atoms with E-state index in [-0.39, 0.29) is 19.1 Å². The first-order valence-electron chi connectivity index (χ1n) is 36.1. The van der Waals surface area contributed by atoms with Crippen LogP contribution in [-0.4, -0.2) is 68.5 Å². The normalized spacial score (nSPS) is 14.2. The van der Waals surface area contributed by atoms with Gasteiger partial charge in [0.25, 0.3) is 7.82 Å². The van der Waals surface area contributed by atoms with Crippen molar-refractivity contribution in [1.29, 1.82) is 0 Å². The second-order valence-corrected chi connectivity index (χ2v) is 27.0. The van der Waals surface area contributed by atoms with E-state index in [0.717, 1.165) is 83.5 Å². The summed E-state index contributed by atoms with van der Waals surface area (Å²) in [6.07, 6.45) is 95.3. The van der Waals surface area contributed by atoms with Crippen molar-refractivity contribution < 1.29 is 32.9 Å². The number of nitrogens with one attached hydrogen (secondary N) is 1. The number of amides is 1. The fourth-order valence-electron chi connectivity index (χ4n) is 10.5. The minimum atomic E-state index is -4.61. The molecule has 3 atom stereocenters. The summed E-state index contributed by atoms with van der Waals surface area (Å²) >= 11 is 0. The van der Waals surface area contributed by atoms with E-state index in [2.05, 4.69) is 104 Å². The standard InChI is InChI=1S/C76H139N2O6P/c1-6-8-10-12-14-16-18-20-22-24-26-28-30-32-34-35-36-37-38-39-40-41-42-43-44-46-48-50-52-54-56-58-60-62-64-66-68-70-76(80)77-74(73-84-85(81,82)83-72-71-78(3,4)5)75(79)69-67-65-63-61-59-57-55-53-51-49-47-45-33-31-29-27-25-23-21-19-17-15-13-11-9-7-2/h8,10,14,16,20,22,26,28,32,34,36-37,39-40,67,69,74-75,79H,6-7,9,11-13,15,17-19,21,23-25,27,29-31,33,35,38,41-66,68,70-73H2,1-5H3,(H-,77,80,81,82)/b10-8-,16-14-,22-20-,28-26-,34-32-,37-36-,40-39-,69-67+. The summed E-state index contributed by atoms with van der Waals surface area (Å²) in [4.78, 5) is 25.7. The number of rotatable bonds is 66. The number of carbonyl (C=O) groups excluding carboxylic acids is 1. The molecule has 85 heavy (non-hydrogen) atoms. The largest absolute Gasteiger partial charge is 0.756 e. The number of quaternary nitrogens is 1. The van der Waals surface area contributed by atoms with Crippen molar-refractivity contribution in [2.45, 2.75) is 341 Å². The molecule has 2 N–H and O–H groups in total. The average molecular weight is 1210 g/mol. The van der Waals surface area contributed by atoms with Crippen LogP contribution in [0.5, 0.6) is 0 Å². The molecule has 3 unspecified atom stereocenters. The predicted molar refractivity (Wildman–Crippen MR) is 371 cm³/mol. The SMILES string of the molecule is CC/C=C\C/C=C\C/C=C\C/C=C\C/C=C\C/C=C\C/C=C\CCCCCCCCCCCCCCCCCC(=O)NC(COP(=O)([O-])OCC[N+](C)(C)C)C(O)/C=C/CCCCCCCCCCCCCCCCCCCCCCCCCC. The molecule has 0 bridgehead atoms. The molecule has 0 aliphatic carbocycles. The molecule has 0 fully saturated rings. The van der Waals surface area contributed by atoms with Crippen LogP contribution in [0, 0.1) is 0 Å². The number of likely N-dealkylation sites (N-methyl/N-ethyl adjacent to an activating group) is 1. The Balaban J connectivity index is 4.06. The zero-order valence-electron chi connectivity index (χ0n) is 56.5. The average Bonchev–Trinajstić information content (AvgIpc) is 3.49. The second-order valence-electron chi connectivity index (χ2n) is 25.6. The lowest BCUT2D eigenvalue weighted by atomic mass is 10.0. The van der Waals surface area contributed by atoms with Crippen LogP contribution in [0.25, 0.3) is 0 Å². The summed E-state index contributed by atoms with van der Waals surface area (Å²) in [5.74, 6) is -0.196. The van der Waals surface area contributed by atoms with Crippen molar-refractivity contribution in [2.24, 2.45) is 0 Å². The molecule has 0 rings (SSSR count). The van der Waals surface area contributed by atoms with E-state index in [4.69, 9.17) is 9.05 Å². The second kappa shape index (κ2) is 65.9. The molecule has 0 aromatic heterocycles. The highest BCUT2D eigenvalue weighted by Crippen LogP contribution is 2.38. The minimum absolute atomic E-state index is 0.00298. The van der Waals surface area contributed by atoms with Gasteiger partial charge in [0.15, 0.2) is 0 Å². The number of unbranched alkanes of at least 4 members (excludes halogenated alkanes) is 39. The van der Waals surface area contributed by atoms with Gasteiger partial charge in [0.05, 0.1) is 39.9 Å². The maximum atomic E-state index is 13.1. The fourth-order valence-corrected chi connectivity index (χ4v) is 11.2. The summed E-state index contributed by atoms with van der Waals surface area (Å²) in [5.41, 5.74) is 0. The predicted octanol–water partition coefficient (Wildman–Crippen LogP) is 22.6. The smallest absolute Gasteiger partial charge is 0.268 e. The lowest BCUT2D eigenvalue weighted by molar-refractivity contribution is -0.870. The van der Waals surface area contributed by atoms with Crippen molar-refractivity contribution in [3.8, 4) is 0 Å². The third-order valence-electron chi connectivity index (χ3n) is 16.0. The van der Waals surface area contributed by atoms with Gasteiger partial charge in [-0.05, 0) is 77.0 Å². The molecule has 8 nitrogen and oxygen atoms in total. The van der Waals surface area contributed by atoms with Crippen LogP contribution < -0.4 is 10.2 Å². The minimum Gasteiger partial charge on any atom is -0.756 e. The van der Waals surface area contributed by atoms with E-state index in [1.165, 1.54) is 225 Å². The summed E-state index contributed by atoms with van der Waals surface area (Å²) < 4.78 is 23.5. The number of hydrogen-bond acceptors (Lipinski definition) is 6. The number of phosphoric ester groups is 1. The Hall–Kier alpha value is -2.58. The quantitative estimate of drug-likeness (QED) is 0.0272. The van der Waals surface area contributed by atoms with Gasteiger partial charge in [0.1, 0.15) is 13.2 Å². The molecule has 0 saturated carbocycles. The molecule has 9 heteroatoms. The molecule has 0 radical (unpaired) electrons. The van der Waals surface area contributed by atoms with E-state index < -0.39 is 20.0 Å². The first kappa shape index (κ1) is 82.4. The highest BCUT2D eigenvalue weighted by atomic mass is 31.2. The number of hydrogen-bond donors (Lipinski definition) is 2. The Kier molecular flexibility index (Phi) is 63.9. The van der Waals surface area contributed by atoms with Gasteiger partial charge in [-0.3, -0.25) is 9.36 Å². The van der Waals surface area contributed by atoms with E-state index >= 15 is 0 Å². The zero-order chi connectivity index (χ0) is 61.9. The van der Waals surface area contributed by atoms with Gasteiger partial charge in [-0.1, -0.05) is 342 Å². The van der Waals surface area contributed by atoms with E-state index in [1.54, 1.807) is 6.08 Å². The summed E-state index contributed by atoms with van der Waals surface area (Å²) in [6, 6.07) is -0.893. The molecule has 1 amide bonds. The molecule has 0 heterocycles. The molecule has 494 valence electrons. The Bertz CT molecular complexity index is 1710. The van der Waals surface area contributed by atoms with Gasteiger partial charge in [-0.2, -0.15) is 0 Å². The summed E-state index contributed by atoms with van der Waals surface area (Å²) in [7, 11) is 1.26. The lowest BCUT2D eigenvalue weighted by Crippen LogP contribution is -2.45. The van der Waals surface area contributed by atoms with E-state index in [1.807, 2.05) is 27.2 Å². The van der Waals surface area contributed by atoms with Crippen LogP contribution in [0.15, 0.2) is 97.2 Å². The maximum Gasteiger partial charge on any atom is 0.268 e. The van der Waals surface area contributed by atoms with Crippen molar-refractivity contribution in [3.63, 3.8) is 0 Å². The van der Waals surface area contributed by atoms with Crippen LogP contribution >= 0.6 is 7.82 Å². The molecule has 0 aromatic carbocycles. The molecule has 0 saturated heterocycles. The van der Waals surface area contributed by atoms with Crippen molar-refractivity contribution in [3.05, 3.63) is 97.2 Å². The Labute approximate surface area is 528 Å². The van der Waals surface area contributed by atoms with Crippen molar-refractivity contribution in [1.82, 2.24) is 5.32 Å². The molecular weight excluding hydrogens is 1070 g/mol. The zero-order valence-corrected chi connectivity index (χ0v) is 57.4. The van der Waals surface area contributed by atoms with Crippen LogP contribution in [-0.2, 0) is 18.4 Å². The number of nitrogens with zero attached hydrogens (tertiary/aromatic N) is 1. The number of aliphatic hydroxyl groups excluding tert-OH is 1. The first-order valence-corrected chi connectivity index (χ1v) is 37.6. The van der Waals surface area contributed by atoms with Crippen LogP contribution in [0.1, 0.15) is 328 Å². The van der Waals surface area contributed by atoms with Gasteiger partial charge in [-0.15, -0.1) is 0 Å². The highest BCUT2D eigenvalue weighted by molar-refractivity contribution is 7.45. The van der Waals surface area contributed by atoms with E-state index in [0.29, 0.717) is 17.4 Å². The molecular formula is C76H139N2O6P. The van der Waals surface area contributed by atoms with Gasteiger partial charge in [0.2, 0.25) is 5.91 Å². The van der Waals surface area contributed by atoms with E-state index in [9.17, 15) is 19.4 Å². The van der Waals surface area contributed by atoms with Crippen LogP contribution in [0.2, 0.25) is 0 Å². The third kappa shape index (κ3) is 68.8. The number of phosphoric acid groups is 1. The van der Waals surface area contributed by atoms with Gasteiger partial charge < -0.3 is 28.8 Å². The lowest BCUT2D eigenvalue weighted by Gasteiger charge is -2.29. The number of carbonyl (C=O) groups is 1. The molecule has 0 aromatic rings. The van der Waals surface area contributed by atoms with Gasteiger partial charge in [0, 0.05) is 6.42 Å². The van der Waals surface area contributed by atoms with Crippen LogP contribution in [0.3, 0.4) is 0 Å².